The van der Waals surface area contributed by atoms with E-state index >= 15 is 0 Å². The molecule has 0 saturated heterocycles. The quantitative estimate of drug-likeness (QED) is 0.663. The Hall–Kier alpha value is -0.0800. The predicted molar refractivity (Wildman–Crippen MR) is 46.2 cm³/mol. The molecular weight excluding hydrogens is 213 g/mol. The second kappa shape index (κ2) is 3.35. The van der Waals surface area contributed by atoms with Crippen LogP contribution in [0.3, 0.4) is 0 Å². The third-order valence-electron chi connectivity index (χ3n) is 1.18. The van der Waals surface area contributed by atoms with Crippen molar-refractivity contribution in [1.29, 1.82) is 0 Å². The molecule has 0 spiro atoms. The van der Waals surface area contributed by atoms with Crippen LogP contribution < -0.4 is 0 Å². The summed E-state index contributed by atoms with van der Waals surface area (Å²) < 4.78 is 0.980. The Morgan fingerprint density at radius 1 is 1.60 bits per heavy atom. The lowest BCUT2D eigenvalue weighted by molar-refractivity contribution is 1.09. The van der Waals surface area contributed by atoms with Gasteiger partial charge in [-0.1, -0.05) is 0 Å². The summed E-state index contributed by atoms with van der Waals surface area (Å²) in [5, 5.41) is 0. The van der Waals surface area contributed by atoms with E-state index in [1.54, 1.807) is 0 Å². The highest BCUT2D eigenvalue weighted by Crippen LogP contribution is 2.16. The van der Waals surface area contributed by atoms with Crippen LogP contribution in [-0.4, -0.2) is 4.98 Å². The second-order valence-electron chi connectivity index (χ2n) is 2.01. The smallest absolute Gasteiger partial charge is 0.0696 e. The van der Waals surface area contributed by atoms with E-state index in [1.807, 2.05) is 19.1 Å². The molecule has 10 heavy (non-hydrogen) atoms. The van der Waals surface area contributed by atoms with Crippen molar-refractivity contribution in [2.24, 2.45) is 0 Å². The van der Waals surface area contributed by atoms with Crippen molar-refractivity contribution in [3.63, 3.8) is 0 Å². The van der Waals surface area contributed by atoms with Crippen molar-refractivity contribution in [2.75, 3.05) is 0 Å². The van der Waals surface area contributed by atoms with Gasteiger partial charge in [-0.15, -0.1) is 11.6 Å². The summed E-state index contributed by atoms with van der Waals surface area (Å²) in [5.74, 6) is 0.461. The van der Waals surface area contributed by atoms with Crippen molar-refractivity contribution < 1.29 is 0 Å². The molecule has 0 aromatic carbocycles. The molecule has 0 radical (unpaired) electrons. The first kappa shape index (κ1) is 8.02. The summed E-state index contributed by atoms with van der Waals surface area (Å²) in [6.07, 6.45) is 0. The van der Waals surface area contributed by atoms with Gasteiger partial charge < -0.3 is 0 Å². The fraction of sp³-hybridized carbons (Fsp3) is 0.286. The number of halogens is 2. The average Bonchev–Trinajstić information content (AvgIpc) is 1.94. The summed E-state index contributed by atoms with van der Waals surface area (Å²) in [6.45, 7) is 1.95. The molecule has 0 saturated carbocycles. The van der Waals surface area contributed by atoms with Gasteiger partial charge in [-0.2, -0.15) is 0 Å². The average molecular weight is 220 g/mol. The molecule has 0 atom stereocenters. The van der Waals surface area contributed by atoms with Crippen molar-refractivity contribution in [2.45, 2.75) is 12.8 Å². The van der Waals surface area contributed by atoms with E-state index in [0.29, 0.717) is 5.88 Å². The highest BCUT2D eigenvalue weighted by atomic mass is 79.9. The minimum atomic E-state index is 0.461. The Labute approximate surface area is 73.6 Å². The highest BCUT2D eigenvalue weighted by molar-refractivity contribution is 9.10. The molecule has 0 aliphatic carbocycles. The van der Waals surface area contributed by atoms with Crippen molar-refractivity contribution in [3.8, 4) is 0 Å². The van der Waals surface area contributed by atoms with E-state index in [1.165, 1.54) is 0 Å². The molecule has 1 aromatic rings. The third kappa shape index (κ3) is 1.70. The molecule has 0 aliphatic heterocycles. The minimum absolute atomic E-state index is 0.461. The van der Waals surface area contributed by atoms with Crippen LogP contribution >= 0.6 is 27.5 Å². The van der Waals surface area contributed by atoms with Crippen LogP contribution in [0.25, 0.3) is 0 Å². The molecule has 0 amide bonds. The van der Waals surface area contributed by atoms with Crippen LogP contribution in [0.4, 0.5) is 0 Å². The van der Waals surface area contributed by atoms with Crippen molar-refractivity contribution >= 4 is 27.5 Å². The molecular formula is C7H7BrClN. The maximum Gasteiger partial charge on any atom is 0.0696 e. The zero-order valence-corrected chi connectivity index (χ0v) is 7.91. The number of hydrogen-bond acceptors (Lipinski definition) is 1. The predicted octanol–water partition coefficient (Wildman–Crippen LogP) is 2.89. The third-order valence-corrected chi connectivity index (χ3v) is 2.16. The topological polar surface area (TPSA) is 12.9 Å². The Balaban J connectivity index is 3.09. The van der Waals surface area contributed by atoms with Crippen LogP contribution in [0.1, 0.15) is 11.4 Å². The number of alkyl halides is 1. The van der Waals surface area contributed by atoms with Gasteiger partial charge in [0.15, 0.2) is 0 Å². The molecule has 1 rings (SSSR count). The van der Waals surface area contributed by atoms with Crippen molar-refractivity contribution in [1.82, 2.24) is 4.98 Å². The summed E-state index contributed by atoms with van der Waals surface area (Å²) in [5.41, 5.74) is 1.90. The van der Waals surface area contributed by atoms with Gasteiger partial charge in [-0.3, -0.25) is 4.98 Å². The Morgan fingerprint density at radius 2 is 2.30 bits per heavy atom. The van der Waals surface area contributed by atoms with E-state index in [2.05, 4.69) is 20.9 Å². The zero-order valence-electron chi connectivity index (χ0n) is 5.56. The summed E-state index contributed by atoms with van der Waals surface area (Å²) in [6, 6.07) is 3.90. The molecule has 54 valence electrons. The SMILES string of the molecule is Cc1ccc(Br)c(CCl)n1. The van der Waals surface area contributed by atoms with E-state index < -0.39 is 0 Å². The molecule has 0 aliphatic rings. The van der Waals surface area contributed by atoms with Crippen molar-refractivity contribution in [3.05, 3.63) is 28.0 Å². The van der Waals surface area contributed by atoms with Gasteiger partial charge >= 0.3 is 0 Å². The molecule has 1 aromatic heterocycles. The number of nitrogens with zero attached hydrogens (tertiary/aromatic N) is 1. The van der Waals surface area contributed by atoms with Gasteiger partial charge in [0.2, 0.25) is 0 Å². The zero-order chi connectivity index (χ0) is 7.56. The van der Waals surface area contributed by atoms with Crippen LogP contribution in [-0.2, 0) is 5.88 Å². The number of aryl methyl sites for hydroxylation is 1. The number of hydrogen-bond donors (Lipinski definition) is 0. The van der Waals surface area contributed by atoms with E-state index in [0.717, 1.165) is 15.9 Å². The standard InChI is InChI=1S/C7H7BrClN/c1-5-2-3-6(8)7(4-9)10-5/h2-3H,4H2,1H3. The first-order chi connectivity index (χ1) is 4.74. The summed E-state index contributed by atoms with van der Waals surface area (Å²) >= 11 is 8.96. The monoisotopic (exact) mass is 219 g/mol. The Morgan fingerprint density at radius 3 is 2.80 bits per heavy atom. The summed E-state index contributed by atoms with van der Waals surface area (Å²) in [7, 11) is 0. The minimum Gasteiger partial charge on any atom is -0.256 e. The van der Waals surface area contributed by atoms with Gasteiger partial charge in [-0.25, -0.2) is 0 Å². The molecule has 3 heteroatoms. The second-order valence-corrected chi connectivity index (χ2v) is 3.14. The first-order valence-corrected chi connectivity index (χ1v) is 4.25. The lowest BCUT2D eigenvalue weighted by Gasteiger charge is -1.98. The molecule has 0 unspecified atom stereocenters. The van der Waals surface area contributed by atoms with Crippen LogP contribution in [0, 0.1) is 6.92 Å². The van der Waals surface area contributed by atoms with Crippen LogP contribution in [0.5, 0.6) is 0 Å². The first-order valence-electron chi connectivity index (χ1n) is 2.92. The van der Waals surface area contributed by atoms with Crippen LogP contribution in [0.2, 0.25) is 0 Å². The lowest BCUT2D eigenvalue weighted by Crippen LogP contribution is -1.88. The van der Waals surface area contributed by atoms with Gasteiger partial charge in [-0.05, 0) is 35.0 Å². The Kier molecular flexibility index (Phi) is 2.69. The maximum atomic E-state index is 5.61. The highest BCUT2D eigenvalue weighted by Gasteiger charge is 1.98. The maximum absolute atomic E-state index is 5.61. The van der Waals surface area contributed by atoms with Gasteiger partial charge in [0, 0.05) is 10.2 Å². The summed E-state index contributed by atoms with van der Waals surface area (Å²) in [4.78, 5) is 4.21. The molecule has 0 bridgehead atoms. The van der Waals surface area contributed by atoms with E-state index in [-0.39, 0.29) is 0 Å². The number of rotatable bonds is 1. The van der Waals surface area contributed by atoms with Crippen LogP contribution in [0.15, 0.2) is 16.6 Å². The fourth-order valence-corrected chi connectivity index (χ4v) is 1.41. The molecule has 1 nitrogen and oxygen atoms in total. The van der Waals surface area contributed by atoms with Gasteiger partial charge in [0.05, 0.1) is 11.6 Å². The Bertz CT molecular complexity index is 237. The van der Waals surface area contributed by atoms with E-state index in [9.17, 15) is 0 Å². The molecule has 0 N–H and O–H groups in total. The molecule has 1 heterocycles. The number of pyridine rings is 1. The van der Waals surface area contributed by atoms with Gasteiger partial charge in [0.1, 0.15) is 0 Å². The number of aromatic nitrogens is 1. The normalized spacial score (nSPS) is 9.90. The fourth-order valence-electron chi connectivity index (χ4n) is 0.687. The van der Waals surface area contributed by atoms with Gasteiger partial charge in [0.25, 0.3) is 0 Å². The van der Waals surface area contributed by atoms with E-state index in [4.69, 9.17) is 11.6 Å². The largest absolute Gasteiger partial charge is 0.256 e. The lowest BCUT2D eigenvalue weighted by atomic mass is 10.3. The molecule has 0 fully saturated rings.